The van der Waals surface area contributed by atoms with Crippen LogP contribution in [-0.4, -0.2) is 47.7 Å². The number of hydrogen-bond acceptors (Lipinski definition) is 5. The van der Waals surface area contributed by atoms with Crippen LogP contribution < -0.4 is 10.9 Å². The van der Waals surface area contributed by atoms with Crippen LogP contribution in [0.2, 0.25) is 0 Å². The number of aromatic amines is 1. The Morgan fingerprint density at radius 3 is 2.74 bits per heavy atom. The highest BCUT2D eigenvalue weighted by Gasteiger charge is 2.16. The molecule has 0 spiro atoms. The zero-order chi connectivity index (χ0) is 20.0. The number of thioether (sulfide) groups is 1. The highest BCUT2D eigenvalue weighted by molar-refractivity contribution is 7.98. The number of rotatable bonds is 8. The zero-order valence-electron chi connectivity index (χ0n) is 16.0. The topological polar surface area (TPSA) is 78.1 Å². The van der Waals surface area contributed by atoms with Gasteiger partial charge in [-0.25, -0.2) is 9.37 Å². The van der Waals surface area contributed by atoms with Gasteiger partial charge in [-0.15, -0.1) is 0 Å². The lowest BCUT2D eigenvalue weighted by Gasteiger charge is -2.25. The number of nitrogens with zero attached hydrogens (tertiary/aromatic N) is 2. The van der Waals surface area contributed by atoms with Crippen molar-refractivity contribution in [3.05, 3.63) is 57.3 Å². The Balaban J connectivity index is 1.96. The van der Waals surface area contributed by atoms with Crippen molar-refractivity contribution in [2.24, 2.45) is 0 Å². The lowest BCUT2D eigenvalue weighted by molar-refractivity contribution is -0.121. The summed E-state index contributed by atoms with van der Waals surface area (Å²) in [5.74, 6) is -0.465. The molecule has 1 heterocycles. The monoisotopic (exact) mass is 392 g/mol. The Kier molecular flexibility index (Phi) is 7.55. The molecule has 6 nitrogen and oxygen atoms in total. The molecule has 2 N–H and O–H groups in total. The van der Waals surface area contributed by atoms with Crippen LogP contribution in [-0.2, 0) is 11.2 Å². The van der Waals surface area contributed by atoms with E-state index in [-0.39, 0.29) is 29.7 Å². The molecular formula is C19H25FN4O2S. The molecule has 146 valence electrons. The number of H-pyrrole nitrogens is 1. The molecule has 1 amide bonds. The summed E-state index contributed by atoms with van der Waals surface area (Å²) in [4.78, 5) is 33.3. The number of aromatic nitrogens is 2. The molecule has 1 aromatic carbocycles. The molecule has 8 heteroatoms. The highest BCUT2D eigenvalue weighted by Crippen LogP contribution is 2.18. The van der Waals surface area contributed by atoms with Gasteiger partial charge in [0.25, 0.3) is 5.56 Å². The van der Waals surface area contributed by atoms with E-state index in [1.54, 1.807) is 13.0 Å². The van der Waals surface area contributed by atoms with Gasteiger partial charge < -0.3 is 15.2 Å². The number of nitrogens with one attached hydrogen (secondary N) is 2. The third-order valence-electron chi connectivity index (χ3n) is 4.35. The van der Waals surface area contributed by atoms with Gasteiger partial charge in [-0.3, -0.25) is 9.59 Å². The summed E-state index contributed by atoms with van der Waals surface area (Å²) in [5.41, 5.74) is 1.76. The molecule has 27 heavy (non-hydrogen) atoms. The van der Waals surface area contributed by atoms with Crippen LogP contribution in [0.5, 0.6) is 0 Å². The molecule has 1 atom stereocenters. The van der Waals surface area contributed by atoms with Crippen molar-refractivity contribution in [3.8, 4) is 0 Å². The van der Waals surface area contributed by atoms with Crippen molar-refractivity contribution in [3.63, 3.8) is 0 Å². The summed E-state index contributed by atoms with van der Waals surface area (Å²) in [7, 11) is 3.76. The van der Waals surface area contributed by atoms with Gasteiger partial charge in [-0.1, -0.05) is 23.9 Å². The molecule has 1 unspecified atom stereocenters. The fraction of sp³-hybridized carbons (Fsp3) is 0.421. The Bertz CT molecular complexity index is 854. The predicted octanol–water partition coefficient (Wildman–Crippen LogP) is 2.29. The maximum atomic E-state index is 13.5. The molecule has 2 rings (SSSR count). The molecule has 1 aromatic heterocycles. The van der Waals surface area contributed by atoms with Crippen LogP contribution in [0, 0.1) is 12.7 Å². The fourth-order valence-corrected chi connectivity index (χ4v) is 3.25. The van der Waals surface area contributed by atoms with Gasteiger partial charge in [0.15, 0.2) is 5.16 Å². The first-order chi connectivity index (χ1) is 12.8. The molecule has 0 radical (unpaired) electrons. The maximum Gasteiger partial charge on any atom is 0.254 e. The second-order valence-corrected chi connectivity index (χ2v) is 7.27. The van der Waals surface area contributed by atoms with E-state index in [0.29, 0.717) is 29.4 Å². The summed E-state index contributed by atoms with van der Waals surface area (Å²) >= 11 is 1.37. The average molecular weight is 393 g/mol. The van der Waals surface area contributed by atoms with Crippen molar-refractivity contribution in [1.82, 2.24) is 20.2 Å². The minimum Gasteiger partial charge on any atom is -0.354 e. The van der Waals surface area contributed by atoms with Crippen LogP contribution in [0.15, 0.2) is 34.2 Å². The number of amides is 1. The summed E-state index contributed by atoms with van der Waals surface area (Å²) in [6.45, 7) is 2.13. The fourth-order valence-electron chi connectivity index (χ4n) is 2.83. The van der Waals surface area contributed by atoms with Gasteiger partial charge in [0.1, 0.15) is 5.82 Å². The average Bonchev–Trinajstić information content (AvgIpc) is 2.60. The van der Waals surface area contributed by atoms with Crippen molar-refractivity contribution in [2.75, 3.05) is 26.9 Å². The van der Waals surface area contributed by atoms with Gasteiger partial charge in [0, 0.05) is 24.2 Å². The number of halogens is 1. The number of carbonyl (C=O) groups excluding carboxylic acids is 1. The zero-order valence-corrected chi connectivity index (χ0v) is 16.8. The first-order valence-electron chi connectivity index (χ1n) is 8.64. The largest absolute Gasteiger partial charge is 0.354 e. The maximum absolute atomic E-state index is 13.5. The molecule has 0 fully saturated rings. The second kappa shape index (κ2) is 9.66. The van der Waals surface area contributed by atoms with Crippen molar-refractivity contribution < 1.29 is 9.18 Å². The van der Waals surface area contributed by atoms with Crippen LogP contribution in [0.1, 0.15) is 29.3 Å². The van der Waals surface area contributed by atoms with E-state index in [4.69, 9.17) is 0 Å². The van der Waals surface area contributed by atoms with Crippen LogP contribution in [0.3, 0.4) is 0 Å². The van der Waals surface area contributed by atoms with Gasteiger partial charge in [0.05, 0.1) is 6.04 Å². The standard InChI is InChI=1S/C19H25FN4O2S/c1-12-15(18(26)23-19(22-12)27-4)8-9-17(25)21-11-16(24(2)3)13-6-5-7-14(20)10-13/h5-7,10,16H,8-9,11H2,1-4H3,(H,21,25)(H,22,23,26). The molecule has 2 aromatic rings. The molecule has 0 aliphatic heterocycles. The number of benzene rings is 1. The SMILES string of the molecule is CSc1nc(C)c(CCC(=O)NCC(c2cccc(F)c2)N(C)C)c(=O)[nH]1. The predicted molar refractivity (Wildman–Crippen MR) is 106 cm³/mol. The van der Waals surface area contributed by atoms with Crippen molar-refractivity contribution in [2.45, 2.75) is 31.0 Å². The summed E-state index contributed by atoms with van der Waals surface area (Å²) in [6, 6.07) is 6.21. The minimum absolute atomic E-state index is 0.141. The number of hydrogen-bond donors (Lipinski definition) is 2. The molecule has 0 aliphatic rings. The first kappa shape index (κ1) is 21.1. The van der Waals surface area contributed by atoms with E-state index in [2.05, 4.69) is 15.3 Å². The van der Waals surface area contributed by atoms with Crippen LogP contribution in [0.4, 0.5) is 4.39 Å². The Morgan fingerprint density at radius 1 is 1.41 bits per heavy atom. The third kappa shape index (κ3) is 5.90. The smallest absolute Gasteiger partial charge is 0.254 e. The van der Waals surface area contributed by atoms with Gasteiger partial charge >= 0.3 is 0 Å². The molecule has 0 bridgehead atoms. The van der Waals surface area contributed by atoms with E-state index >= 15 is 0 Å². The van der Waals surface area contributed by atoms with E-state index < -0.39 is 0 Å². The van der Waals surface area contributed by atoms with Crippen LogP contribution in [0.25, 0.3) is 0 Å². The van der Waals surface area contributed by atoms with E-state index in [1.807, 2.05) is 31.3 Å². The highest BCUT2D eigenvalue weighted by atomic mass is 32.2. The quantitative estimate of drug-likeness (QED) is 0.532. The Labute approximate surface area is 162 Å². The summed E-state index contributed by atoms with van der Waals surface area (Å²) in [6.07, 6.45) is 2.35. The lowest BCUT2D eigenvalue weighted by Crippen LogP contribution is -2.35. The van der Waals surface area contributed by atoms with E-state index in [0.717, 1.165) is 5.56 Å². The number of aryl methyl sites for hydroxylation is 1. The van der Waals surface area contributed by atoms with E-state index in [9.17, 15) is 14.0 Å². The van der Waals surface area contributed by atoms with Crippen molar-refractivity contribution >= 4 is 17.7 Å². The lowest BCUT2D eigenvalue weighted by atomic mass is 10.1. The van der Waals surface area contributed by atoms with Gasteiger partial charge in [-0.05, 0) is 51.4 Å². The second-order valence-electron chi connectivity index (χ2n) is 6.48. The number of likely N-dealkylation sites (N-methyl/N-ethyl adjacent to an activating group) is 1. The van der Waals surface area contributed by atoms with Gasteiger partial charge in [0.2, 0.25) is 5.91 Å². The van der Waals surface area contributed by atoms with Gasteiger partial charge in [-0.2, -0.15) is 0 Å². The molecule has 0 aliphatic carbocycles. The Hall–Kier alpha value is -2.19. The minimum atomic E-state index is -0.304. The van der Waals surface area contributed by atoms with Crippen molar-refractivity contribution in [1.29, 1.82) is 0 Å². The Morgan fingerprint density at radius 2 is 2.15 bits per heavy atom. The van der Waals surface area contributed by atoms with Crippen LogP contribution >= 0.6 is 11.8 Å². The normalized spacial score (nSPS) is 12.2. The molecular weight excluding hydrogens is 367 g/mol. The molecule has 0 saturated carbocycles. The molecule has 0 saturated heterocycles. The summed E-state index contributed by atoms with van der Waals surface area (Å²) < 4.78 is 13.5. The first-order valence-corrected chi connectivity index (χ1v) is 9.86. The third-order valence-corrected chi connectivity index (χ3v) is 4.93. The summed E-state index contributed by atoms with van der Waals surface area (Å²) in [5, 5.41) is 3.44. The van der Waals surface area contributed by atoms with E-state index in [1.165, 1.54) is 23.9 Å². The number of carbonyl (C=O) groups is 1.